The zero-order valence-corrected chi connectivity index (χ0v) is 13.8. The standard InChI is InChI=1S/C21H25NO/c1-3-15-13-22-10-9-17(15)12-20(22)21(23)18-6-4-5-16-8-7-14(2)11-19(16)18/h3-8,11,15,17,20-21,23H,1,9-10,12-13H2,2H3/t15?,17-,20-,21+/m0/s1. The summed E-state index contributed by atoms with van der Waals surface area (Å²) in [5.74, 6) is 1.29. The number of aliphatic hydroxyl groups is 1. The second-order valence-corrected chi connectivity index (χ2v) is 7.26. The maximum atomic E-state index is 11.1. The molecule has 0 aromatic heterocycles. The SMILES string of the molecule is C=CC1CN2CC[C@H]1C[C@H]2[C@H](O)c1cccc2ccc(C)cc12. The van der Waals surface area contributed by atoms with Gasteiger partial charge in [0.25, 0.3) is 0 Å². The molecule has 5 rings (SSSR count). The largest absolute Gasteiger partial charge is 0.387 e. The quantitative estimate of drug-likeness (QED) is 0.864. The Morgan fingerprint density at radius 3 is 2.91 bits per heavy atom. The van der Waals surface area contributed by atoms with Gasteiger partial charge in [-0.15, -0.1) is 6.58 Å². The van der Waals surface area contributed by atoms with Crippen LogP contribution in [0.4, 0.5) is 0 Å². The topological polar surface area (TPSA) is 23.5 Å². The number of aryl methyl sites for hydroxylation is 1. The Balaban J connectivity index is 1.69. The van der Waals surface area contributed by atoms with E-state index in [0.29, 0.717) is 11.8 Å². The summed E-state index contributed by atoms with van der Waals surface area (Å²) in [6.07, 6.45) is 4.03. The molecule has 2 nitrogen and oxygen atoms in total. The first kappa shape index (κ1) is 14.9. The van der Waals surface area contributed by atoms with Crippen LogP contribution in [-0.4, -0.2) is 29.1 Å². The molecule has 3 heterocycles. The van der Waals surface area contributed by atoms with Crippen LogP contribution < -0.4 is 0 Å². The van der Waals surface area contributed by atoms with Crippen molar-refractivity contribution < 1.29 is 5.11 Å². The van der Waals surface area contributed by atoms with Crippen LogP contribution in [0.1, 0.15) is 30.1 Å². The molecule has 3 aliphatic heterocycles. The molecule has 3 saturated heterocycles. The Kier molecular flexibility index (Phi) is 3.74. The van der Waals surface area contributed by atoms with E-state index in [1.165, 1.54) is 22.8 Å². The highest BCUT2D eigenvalue weighted by Crippen LogP contribution is 2.42. The summed E-state index contributed by atoms with van der Waals surface area (Å²) in [5.41, 5.74) is 2.33. The lowest BCUT2D eigenvalue weighted by Crippen LogP contribution is -2.54. The first-order valence-corrected chi connectivity index (χ1v) is 8.71. The second kappa shape index (κ2) is 5.77. The van der Waals surface area contributed by atoms with Gasteiger partial charge in [0, 0.05) is 12.6 Å². The average molecular weight is 307 g/mol. The predicted octanol–water partition coefficient (Wildman–Crippen LogP) is 4.08. The summed E-state index contributed by atoms with van der Waals surface area (Å²) in [7, 11) is 0. The van der Waals surface area contributed by atoms with Crippen LogP contribution in [0.25, 0.3) is 10.8 Å². The van der Waals surface area contributed by atoms with Crippen molar-refractivity contribution >= 4 is 10.8 Å². The van der Waals surface area contributed by atoms with Gasteiger partial charge in [-0.3, -0.25) is 4.90 Å². The van der Waals surface area contributed by atoms with Crippen LogP contribution in [-0.2, 0) is 0 Å². The van der Waals surface area contributed by atoms with Gasteiger partial charge in [-0.2, -0.15) is 0 Å². The average Bonchev–Trinajstić information content (AvgIpc) is 2.60. The lowest BCUT2D eigenvalue weighted by Gasteiger charge is -2.50. The molecule has 23 heavy (non-hydrogen) atoms. The molecule has 2 unspecified atom stereocenters. The van der Waals surface area contributed by atoms with E-state index >= 15 is 0 Å². The molecular weight excluding hydrogens is 282 g/mol. The van der Waals surface area contributed by atoms with Crippen LogP contribution in [0.15, 0.2) is 49.1 Å². The van der Waals surface area contributed by atoms with Crippen LogP contribution in [0.3, 0.4) is 0 Å². The third kappa shape index (κ3) is 2.50. The van der Waals surface area contributed by atoms with Crippen molar-refractivity contribution in [2.45, 2.75) is 31.9 Å². The minimum absolute atomic E-state index is 0.246. The zero-order chi connectivity index (χ0) is 16.0. The Hall–Kier alpha value is -1.64. The lowest BCUT2D eigenvalue weighted by atomic mass is 9.73. The van der Waals surface area contributed by atoms with Crippen LogP contribution in [0, 0.1) is 18.8 Å². The molecule has 0 saturated carbocycles. The van der Waals surface area contributed by atoms with Gasteiger partial charge >= 0.3 is 0 Å². The van der Waals surface area contributed by atoms with Gasteiger partial charge in [-0.25, -0.2) is 0 Å². The Morgan fingerprint density at radius 1 is 1.30 bits per heavy atom. The maximum absolute atomic E-state index is 11.1. The molecule has 3 fully saturated rings. The van der Waals surface area contributed by atoms with Crippen molar-refractivity contribution in [2.75, 3.05) is 13.1 Å². The van der Waals surface area contributed by atoms with Gasteiger partial charge in [0.15, 0.2) is 0 Å². The van der Waals surface area contributed by atoms with Crippen molar-refractivity contribution in [1.29, 1.82) is 0 Å². The monoisotopic (exact) mass is 307 g/mol. The van der Waals surface area contributed by atoms with E-state index in [4.69, 9.17) is 0 Å². The van der Waals surface area contributed by atoms with Gasteiger partial charge < -0.3 is 5.11 Å². The number of rotatable bonds is 3. The summed E-state index contributed by atoms with van der Waals surface area (Å²) in [4.78, 5) is 2.48. The molecular formula is C21H25NO. The summed E-state index contributed by atoms with van der Waals surface area (Å²) >= 11 is 0. The highest BCUT2D eigenvalue weighted by molar-refractivity contribution is 5.86. The molecule has 2 bridgehead atoms. The number of benzene rings is 2. The molecule has 120 valence electrons. The number of hydrogen-bond donors (Lipinski definition) is 1. The lowest BCUT2D eigenvalue weighted by molar-refractivity contribution is -0.0444. The van der Waals surface area contributed by atoms with E-state index in [1.54, 1.807) is 0 Å². The number of fused-ring (bicyclic) bond motifs is 4. The molecule has 0 spiro atoms. The molecule has 5 atom stereocenters. The molecule has 2 heteroatoms. The molecule has 1 N–H and O–H groups in total. The van der Waals surface area contributed by atoms with Crippen molar-refractivity contribution in [3.63, 3.8) is 0 Å². The van der Waals surface area contributed by atoms with Crippen molar-refractivity contribution in [3.05, 3.63) is 60.2 Å². The fourth-order valence-electron chi connectivity index (χ4n) is 4.58. The van der Waals surface area contributed by atoms with Crippen LogP contribution in [0.5, 0.6) is 0 Å². The molecule has 0 aliphatic carbocycles. The number of aliphatic hydroxyl groups excluding tert-OH is 1. The number of piperidine rings is 3. The van der Waals surface area contributed by atoms with Crippen LogP contribution in [0.2, 0.25) is 0 Å². The summed E-state index contributed by atoms with van der Waals surface area (Å²) in [6, 6.07) is 13.0. The maximum Gasteiger partial charge on any atom is 0.0951 e. The van der Waals surface area contributed by atoms with E-state index in [1.807, 2.05) is 0 Å². The highest BCUT2D eigenvalue weighted by atomic mass is 16.3. The van der Waals surface area contributed by atoms with Crippen molar-refractivity contribution in [1.82, 2.24) is 4.90 Å². The Bertz CT molecular complexity index is 738. The Morgan fingerprint density at radius 2 is 2.17 bits per heavy atom. The van der Waals surface area contributed by atoms with Crippen LogP contribution >= 0.6 is 0 Å². The van der Waals surface area contributed by atoms with E-state index < -0.39 is 6.10 Å². The third-order valence-electron chi connectivity index (χ3n) is 5.91. The normalized spacial score (nSPS) is 31.2. The van der Waals surface area contributed by atoms with Gasteiger partial charge in [-0.1, -0.05) is 48.0 Å². The minimum atomic E-state index is -0.408. The highest BCUT2D eigenvalue weighted by Gasteiger charge is 2.42. The summed E-state index contributed by atoms with van der Waals surface area (Å²) < 4.78 is 0. The van der Waals surface area contributed by atoms with E-state index in [-0.39, 0.29) is 6.04 Å². The van der Waals surface area contributed by atoms with Gasteiger partial charge in [0.05, 0.1) is 6.10 Å². The molecule has 0 amide bonds. The first-order chi connectivity index (χ1) is 11.2. The molecule has 2 aromatic carbocycles. The van der Waals surface area contributed by atoms with E-state index in [9.17, 15) is 5.11 Å². The van der Waals surface area contributed by atoms with Gasteiger partial charge in [-0.05, 0) is 54.5 Å². The molecule has 3 aliphatic rings. The second-order valence-electron chi connectivity index (χ2n) is 7.26. The fraction of sp³-hybridized carbons (Fsp3) is 0.429. The smallest absolute Gasteiger partial charge is 0.0951 e. The van der Waals surface area contributed by atoms with Gasteiger partial charge in [0.2, 0.25) is 0 Å². The first-order valence-electron chi connectivity index (χ1n) is 8.71. The number of nitrogens with zero attached hydrogens (tertiary/aromatic N) is 1. The third-order valence-corrected chi connectivity index (χ3v) is 5.91. The summed E-state index contributed by atoms with van der Waals surface area (Å²) in [5, 5.41) is 13.6. The summed E-state index contributed by atoms with van der Waals surface area (Å²) in [6.45, 7) is 8.27. The van der Waals surface area contributed by atoms with Gasteiger partial charge in [0.1, 0.15) is 0 Å². The number of hydrogen-bond acceptors (Lipinski definition) is 2. The van der Waals surface area contributed by atoms with E-state index in [0.717, 1.165) is 25.1 Å². The minimum Gasteiger partial charge on any atom is -0.387 e. The fourth-order valence-corrected chi connectivity index (χ4v) is 4.58. The zero-order valence-electron chi connectivity index (χ0n) is 13.8. The predicted molar refractivity (Wildman–Crippen MR) is 95.4 cm³/mol. The van der Waals surface area contributed by atoms with Crippen molar-refractivity contribution in [3.8, 4) is 0 Å². The van der Waals surface area contributed by atoms with Crippen molar-refractivity contribution in [2.24, 2.45) is 11.8 Å². The Labute approximate surface area is 138 Å². The molecule has 2 aromatic rings. The van der Waals surface area contributed by atoms with E-state index in [2.05, 4.69) is 60.9 Å². The molecule has 0 radical (unpaired) electrons.